The number of carbonyl (C=O) groups excluding carboxylic acids is 2. The summed E-state index contributed by atoms with van der Waals surface area (Å²) in [5, 5.41) is 0.647. The lowest BCUT2D eigenvalue weighted by atomic mass is 10.2. The third-order valence-corrected chi connectivity index (χ3v) is 4.51. The third kappa shape index (κ3) is 5.18. The number of carbonyl (C=O) groups is 2. The molecule has 6 nitrogen and oxygen atoms in total. The first-order chi connectivity index (χ1) is 14.0. The van der Waals surface area contributed by atoms with E-state index in [0.717, 1.165) is 5.56 Å². The van der Waals surface area contributed by atoms with E-state index in [9.17, 15) is 9.59 Å². The molecule has 0 radical (unpaired) electrons. The molecular weight excluding hydrogens is 394 g/mol. The number of para-hydroxylation sites is 1. The van der Waals surface area contributed by atoms with Crippen LogP contribution < -0.4 is 4.74 Å². The second-order valence-corrected chi connectivity index (χ2v) is 6.74. The smallest absolute Gasteiger partial charge is 0.342 e. The lowest BCUT2D eigenvalue weighted by molar-refractivity contribution is -0.133. The molecule has 2 aromatic carbocycles. The minimum absolute atomic E-state index is 0.249. The molecule has 1 heterocycles. The number of likely N-dealkylation sites (N-methyl/N-ethyl adjacent to an activating group) is 1. The van der Waals surface area contributed by atoms with Crippen LogP contribution in [0.2, 0.25) is 5.02 Å². The highest BCUT2D eigenvalue weighted by Gasteiger charge is 2.17. The lowest BCUT2D eigenvalue weighted by Crippen LogP contribution is -2.30. The molecule has 3 aromatic rings. The number of halogens is 1. The van der Waals surface area contributed by atoms with E-state index in [1.54, 1.807) is 49.5 Å². The molecule has 0 unspecified atom stereocenters. The van der Waals surface area contributed by atoms with E-state index in [2.05, 4.69) is 0 Å². The van der Waals surface area contributed by atoms with Crippen molar-refractivity contribution in [2.24, 2.45) is 0 Å². The highest BCUT2D eigenvalue weighted by atomic mass is 35.5. The Kier molecular flexibility index (Phi) is 6.57. The quantitative estimate of drug-likeness (QED) is 0.536. The normalized spacial score (nSPS) is 10.4. The minimum Gasteiger partial charge on any atom is -0.496 e. The maximum Gasteiger partial charge on any atom is 0.342 e. The molecule has 1 aromatic heterocycles. The fourth-order valence-electron chi connectivity index (χ4n) is 2.68. The van der Waals surface area contributed by atoms with Crippen molar-refractivity contribution in [1.82, 2.24) is 4.90 Å². The second kappa shape index (κ2) is 9.30. The average Bonchev–Trinajstić information content (AvgIpc) is 3.20. The molecule has 0 spiro atoms. The van der Waals surface area contributed by atoms with Crippen LogP contribution in [0.15, 0.2) is 65.1 Å². The van der Waals surface area contributed by atoms with Gasteiger partial charge in [-0.3, -0.25) is 4.79 Å². The standard InChI is InChI=1S/C22H20ClNO5/c1-24(13-17-11-12-19(29-17)15-7-9-16(23)10-8-15)21(25)14-28-22(26)18-5-3-4-6-20(18)27-2/h3-12H,13-14H2,1-2H3. The molecule has 0 aliphatic carbocycles. The second-order valence-electron chi connectivity index (χ2n) is 6.30. The Bertz CT molecular complexity index is 996. The Labute approximate surface area is 173 Å². The van der Waals surface area contributed by atoms with E-state index in [1.165, 1.54) is 12.0 Å². The van der Waals surface area contributed by atoms with E-state index in [1.807, 2.05) is 18.2 Å². The molecule has 0 saturated carbocycles. The number of rotatable bonds is 7. The first-order valence-electron chi connectivity index (χ1n) is 8.86. The van der Waals surface area contributed by atoms with E-state index < -0.39 is 5.97 Å². The van der Waals surface area contributed by atoms with Crippen LogP contribution in [0, 0.1) is 0 Å². The first-order valence-corrected chi connectivity index (χ1v) is 9.24. The maximum absolute atomic E-state index is 12.3. The summed E-state index contributed by atoms with van der Waals surface area (Å²) in [6.07, 6.45) is 0. The first kappa shape index (κ1) is 20.5. The van der Waals surface area contributed by atoms with Crippen LogP contribution in [0.5, 0.6) is 5.75 Å². The zero-order chi connectivity index (χ0) is 20.8. The van der Waals surface area contributed by atoms with E-state index in [-0.39, 0.29) is 24.6 Å². The van der Waals surface area contributed by atoms with Gasteiger partial charge in [-0.15, -0.1) is 0 Å². The number of nitrogens with zero attached hydrogens (tertiary/aromatic N) is 1. The SMILES string of the molecule is COc1ccccc1C(=O)OCC(=O)N(C)Cc1ccc(-c2ccc(Cl)cc2)o1. The van der Waals surface area contributed by atoms with Crippen LogP contribution >= 0.6 is 11.6 Å². The molecule has 0 atom stereocenters. The summed E-state index contributed by atoms with van der Waals surface area (Å²) in [6.45, 7) is -0.128. The summed E-state index contributed by atoms with van der Waals surface area (Å²) in [5.41, 5.74) is 1.16. The zero-order valence-electron chi connectivity index (χ0n) is 16.1. The Balaban J connectivity index is 1.55. The number of benzene rings is 2. The van der Waals surface area contributed by atoms with Gasteiger partial charge in [-0.25, -0.2) is 4.79 Å². The number of furan rings is 1. The Morgan fingerprint density at radius 3 is 2.48 bits per heavy atom. The minimum atomic E-state index is -0.618. The average molecular weight is 414 g/mol. The Morgan fingerprint density at radius 1 is 1.03 bits per heavy atom. The molecule has 0 bridgehead atoms. The fourth-order valence-corrected chi connectivity index (χ4v) is 2.81. The Hall–Kier alpha value is -3.25. The number of methoxy groups -OCH3 is 1. The van der Waals surface area contributed by atoms with Crippen LogP contribution in [0.1, 0.15) is 16.1 Å². The van der Waals surface area contributed by atoms with Crippen LogP contribution in [0.25, 0.3) is 11.3 Å². The van der Waals surface area contributed by atoms with E-state index >= 15 is 0 Å². The summed E-state index contributed by atoms with van der Waals surface area (Å²) in [7, 11) is 3.08. The number of ether oxygens (including phenoxy) is 2. The topological polar surface area (TPSA) is 69.0 Å². The van der Waals surface area contributed by atoms with Crippen molar-refractivity contribution in [3.63, 3.8) is 0 Å². The third-order valence-electron chi connectivity index (χ3n) is 4.26. The van der Waals surface area contributed by atoms with Gasteiger partial charge in [0.2, 0.25) is 0 Å². The van der Waals surface area contributed by atoms with Gasteiger partial charge < -0.3 is 18.8 Å². The fraction of sp³-hybridized carbons (Fsp3) is 0.182. The van der Waals surface area contributed by atoms with E-state index in [4.69, 9.17) is 25.5 Å². The number of esters is 1. The maximum atomic E-state index is 12.3. The van der Waals surface area contributed by atoms with Gasteiger partial charge in [0, 0.05) is 17.6 Å². The van der Waals surface area contributed by atoms with Gasteiger partial charge in [0.15, 0.2) is 6.61 Å². The van der Waals surface area contributed by atoms with Gasteiger partial charge in [-0.05, 0) is 48.5 Å². The van der Waals surface area contributed by atoms with Crippen molar-refractivity contribution in [3.8, 4) is 17.1 Å². The van der Waals surface area contributed by atoms with Crippen LogP contribution in [0.4, 0.5) is 0 Å². The molecular formula is C22H20ClNO5. The predicted molar refractivity (Wildman–Crippen MR) is 109 cm³/mol. The molecule has 0 fully saturated rings. The van der Waals surface area contributed by atoms with Crippen LogP contribution in [-0.2, 0) is 16.1 Å². The molecule has 0 N–H and O–H groups in total. The van der Waals surface area contributed by atoms with Crippen LogP contribution in [-0.4, -0.2) is 37.5 Å². The lowest BCUT2D eigenvalue weighted by Gasteiger charge is -2.16. The summed E-state index contributed by atoms with van der Waals surface area (Å²) >= 11 is 5.90. The van der Waals surface area contributed by atoms with Gasteiger partial charge >= 0.3 is 5.97 Å². The zero-order valence-corrected chi connectivity index (χ0v) is 16.8. The summed E-state index contributed by atoms with van der Waals surface area (Å²) < 4.78 is 16.0. The molecule has 3 rings (SSSR count). The van der Waals surface area contributed by atoms with Crippen LogP contribution in [0.3, 0.4) is 0 Å². The van der Waals surface area contributed by atoms with Crippen molar-refractivity contribution in [1.29, 1.82) is 0 Å². The predicted octanol–water partition coefficient (Wildman–Crippen LogP) is 4.42. The van der Waals surface area contributed by atoms with Gasteiger partial charge in [-0.2, -0.15) is 0 Å². The van der Waals surface area contributed by atoms with Crippen molar-refractivity contribution >= 4 is 23.5 Å². The van der Waals surface area contributed by atoms with Crippen molar-refractivity contribution in [2.45, 2.75) is 6.54 Å². The van der Waals surface area contributed by atoms with Crippen molar-refractivity contribution in [3.05, 3.63) is 77.0 Å². The van der Waals surface area contributed by atoms with Gasteiger partial charge in [0.25, 0.3) is 5.91 Å². The number of hydrogen-bond donors (Lipinski definition) is 0. The molecule has 0 saturated heterocycles. The van der Waals surface area contributed by atoms with E-state index in [0.29, 0.717) is 22.3 Å². The summed E-state index contributed by atoms with van der Waals surface area (Å²) in [6, 6.07) is 17.6. The molecule has 1 amide bonds. The van der Waals surface area contributed by atoms with Gasteiger partial charge in [0.05, 0.1) is 13.7 Å². The number of hydrogen-bond acceptors (Lipinski definition) is 5. The largest absolute Gasteiger partial charge is 0.496 e. The van der Waals surface area contributed by atoms with Crippen molar-refractivity contribution in [2.75, 3.05) is 20.8 Å². The molecule has 29 heavy (non-hydrogen) atoms. The Morgan fingerprint density at radius 2 is 1.76 bits per heavy atom. The molecule has 0 aliphatic rings. The summed E-state index contributed by atoms with van der Waals surface area (Å²) in [5.74, 6) is 0.718. The van der Waals surface area contributed by atoms with Gasteiger partial charge in [0.1, 0.15) is 22.8 Å². The van der Waals surface area contributed by atoms with Gasteiger partial charge in [-0.1, -0.05) is 23.7 Å². The highest BCUT2D eigenvalue weighted by Crippen LogP contribution is 2.24. The number of amides is 1. The highest BCUT2D eigenvalue weighted by molar-refractivity contribution is 6.30. The summed E-state index contributed by atoms with van der Waals surface area (Å²) in [4.78, 5) is 25.9. The molecule has 150 valence electrons. The monoisotopic (exact) mass is 413 g/mol. The molecule has 7 heteroatoms. The molecule has 0 aliphatic heterocycles. The van der Waals surface area contributed by atoms with Crippen molar-refractivity contribution < 1.29 is 23.5 Å².